The van der Waals surface area contributed by atoms with Crippen LogP contribution < -0.4 is 4.76 Å². The lowest BCUT2D eigenvalue weighted by Crippen LogP contribution is -1.55. The van der Waals surface area contributed by atoms with Crippen molar-refractivity contribution in [3.05, 3.63) is 0 Å². The summed E-state index contributed by atoms with van der Waals surface area (Å²) in [5, 5.41) is 0. The number of halogens is 1. The Kier molecular flexibility index (Phi) is 46.9. The molecule has 2 N–H and O–H groups in total. The number of hydrogen-bond acceptors (Lipinski definition) is 2. The molecule has 0 atom stereocenters. The maximum Gasteiger partial charge on any atom is 0.0351 e. The summed E-state index contributed by atoms with van der Waals surface area (Å²) in [6.45, 7) is 0. The minimum Gasteiger partial charge on any atom is -0.388 e. The van der Waals surface area contributed by atoms with Gasteiger partial charge in [-0.15, -0.1) is 0 Å². The van der Waals surface area contributed by atoms with Crippen LogP contribution in [0.3, 0.4) is 0 Å². The molecular weight excluding hydrogens is 134 g/mol. The normalized spacial score (nSPS) is 4.80. The highest BCUT2D eigenvalue weighted by molar-refractivity contribution is 9.07. The van der Waals surface area contributed by atoms with E-state index in [1.165, 1.54) is 0 Å². The second-order valence-electron chi connectivity index (χ2n) is 0.408. The number of methoxy groups -OCH3 is 1. The molecule has 0 aliphatic heterocycles. The molecule has 0 amide bonds. The lowest BCUT2D eigenvalue weighted by atomic mass is 11.6. The van der Waals surface area contributed by atoms with E-state index in [0.29, 0.717) is 0 Å². The van der Waals surface area contributed by atoms with Crippen LogP contribution in [0.1, 0.15) is 0 Å². The first-order valence-corrected chi connectivity index (χ1v) is 1.95. The van der Waals surface area contributed by atoms with Gasteiger partial charge in [-0.1, -0.05) is 0 Å². The summed E-state index contributed by atoms with van der Waals surface area (Å²) in [6, 6.07) is 0. The van der Waals surface area contributed by atoms with Crippen LogP contribution in [0.5, 0.6) is 0 Å². The summed E-state index contributed by atoms with van der Waals surface area (Å²) in [4.78, 5) is 0. The molecule has 0 saturated carbocycles. The molecule has 34 valence electrons. The predicted octanol–water partition coefficient (Wildman–Crippen LogP) is 0.518. The molecule has 0 aromatic rings. The van der Waals surface area contributed by atoms with Gasteiger partial charge in [-0.05, 0) is 0 Å². The van der Waals surface area contributed by atoms with Gasteiger partial charge in [0.05, 0.1) is 0 Å². The van der Waals surface area contributed by atoms with Crippen LogP contribution in [-0.2, 0) is 4.74 Å². The molecule has 0 unspecified atom stereocenters. The average Bonchev–Trinajstić information content (AvgIpc) is 1.46. The van der Waals surface area contributed by atoms with E-state index in [4.69, 9.17) is 0 Å². The zero-order valence-corrected chi connectivity index (χ0v) is 4.95. The van der Waals surface area contributed by atoms with E-state index < -0.39 is 0 Å². The monoisotopic (exact) mass is 141 g/mol. The molecule has 0 heterocycles. The van der Waals surface area contributed by atoms with E-state index in [0.717, 1.165) is 0 Å². The Morgan fingerprint density at radius 2 is 1.40 bits per heavy atom. The van der Waals surface area contributed by atoms with Crippen molar-refractivity contribution in [2.24, 2.45) is 4.76 Å². The molecule has 0 bridgehead atoms. The van der Waals surface area contributed by atoms with Gasteiger partial charge in [0.25, 0.3) is 0 Å². The number of nitrogens with two attached hydrogens (primary N) is 1. The van der Waals surface area contributed by atoms with Crippen molar-refractivity contribution in [2.75, 3.05) is 14.2 Å². The third-order valence-corrected chi connectivity index (χ3v) is 0. The molecule has 0 aliphatic rings. The zero-order valence-electron chi connectivity index (χ0n) is 3.36. The smallest absolute Gasteiger partial charge is 0.0351 e. The summed E-state index contributed by atoms with van der Waals surface area (Å²) in [5.41, 5.74) is 0. The SMILES string of the molecule is COC.NBr. The molecule has 0 spiro atoms. The van der Waals surface area contributed by atoms with Crippen molar-refractivity contribution in [1.82, 2.24) is 0 Å². The van der Waals surface area contributed by atoms with Gasteiger partial charge >= 0.3 is 0 Å². The quantitative estimate of drug-likeness (QED) is 0.500. The van der Waals surface area contributed by atoms with Gasteiger partial charge in [0.15, 0.2) is 0 Å². The summed E-state index contributed by atoms with van der Waals surface area (Å²) >= 11 is 2.44. The summed E-state index contributed by atoms with van der Waals surface area (Å²) < 4.78 is 8.56. The van der Waals surface area contributed by atoms with Crippen molar-refractivity contribution in [2.45, 2.75) is 0 Å². The van der Waals surface area contributed by atoms with Gasteiger partial charge in [-0.25, -0.2) is 0 Å². The second-order valence-corrected chi connectivity index (χ2v) is 0.408. The third kappa shape index (κ3) is 158. The van der Waals surface area contributed by atoms with Gasteiger partial charge in [0.2, 0.25) is 0 Å². The topological polar surface area (TPSA) is 35.2 Å². The Morgan fingerprint density at radius 3 is 1.40 bits per heavy atom. The van der Waals surface area contributed by atoms with Crippen molar-refractivity contribution < 1.29 is 4.74 Å². The maximum absolute atomic E-state index is 4.31. The first-order valence-electron chi connectivity index (χ1n) is 1.03. The molecule has 5 heavy (non-hydrogen) atoms. The van der Waals surface area contributed by atoms with Crippen LogP contribution in [0.25, 0.3) is 0 Å². The number of rotatable bonds is 0. The Bertz CT molecular complexity index is 9.61. The molecule has 0 aromatic heterocycles. The van der Waals surface area contributed by atoms with E-state index in [1.807, 2.05) is 0 Å². The molecule has 2 nitrogen and oxygen atoms in total. The Hall–Kier alpha value is 0.400. The van der Waals surface area contributed by atoms with Crippen LogP contribution in [0.4, 0.5) is 0 Å². The predicted molar refractivity (Wildman–Crippen MR) is 26.0 cm³/mol. The minimum absolute atomic E-state index is 1.62. The number of ether oxygens (including phenoxy) is 1. The van der Waals surface area contributed by atoms with Crippen LogP contribution in [-0.4, -0.2) is 14.2 Å². The lowest BCUT2D eigenvalue weighted by Gasteiger charge is -1.61. The van der Waals surface area contributed by atoms with Crippen molar-refractivity contribution in [3.8, 4) is 0 Å². The van der Waals surface area contributed by atoms with Crippen molar-refractivity contribution in [3.63, 3.8) is 0 Å². The highest BCUT2D eigenvalue weighted by Gasteiger charge is 1.25. The molecule has 0 saturated heterocycles. The van der Waals surface area contributed by atoms with E-state index in [9.17, 15) is 0 Å². The highest BCUT2D eigenvalue weighted by atomic mass is 79.9. The van der Waals surface area contributed by atoms with Crippen LogP contribution >= 0.6 is 16.1 Å². The molecule has 0 radical (unpaired) electrons. The summed E-state index contributed by atoms with van der Waals surface area (Å²) in [7, 11) is 3.25. The van der Waals surface area contributed by atoms with Crippen LogP contribution in [0.15, 0.2) is 0 Å². The first-order chi connectivity index (χ1) is 2.41. The molecule has 0 aliphatic carbocycles. The first kappa shape index (κ1) is 9.04. The molecule has 0 rings (SSSR count). The largest absolute Gasteiger partial charge is 0.388 e. The van der Waals surface area contributed by atoms with E-state index >= 15 is 0 Å². The lowest BCUT2D eigenvalue weighted by molar-refractivity contribution is 0.277. The molecule has 0 aromatic carbocycles. The van der Waals surface area contributed by atoms with Crippen LogP contribution in [0, 0.1) is 0 Å². The Balaban J connectivity index is 0. The third-order valence-electron chi connectivity index (χ3n) is 0. The van der Waals surface area contributed by atoms with Gasteiger partial charge in [-0.2, -0.15) is 0 Å². The van der Waals surface area contributed by atoms with E-state index in [2.05, 4.69) is 25.6 Å². The summed E-state index contributed by atoms with van der Waals surface area (Å²) in [6.07, 6.45) is 0. The molecule has 0 fully saturated rings. The Labute approximate surface area is 40.6 Å². The van der Waals surface area contributed by atoms with E-state index in [1.54, 1.807) is 14.2 Å². The second kappa shape index (κ2) is 26.0. The zero-order chi connectivity index (χ0) is 4.71. The fourth-order valence-electron chi connectivity index (χ4n) is 0. The maximum atomic E-state index is 4.31. The minimum atomic E-state index is 1.62. The van der Waals surface area contributed by atoms with Gasteiger partial charge in [0.1, 0.15) is 0 Å². The van der Waals surface area contributed by atoms with Crippen molar-refractivity contribution >= 4 is 16.1 Å². The summed E-state index contributed by atoms with van der Waals surface area (Å²) in [5.74, 6) is 0. The van der Waals surface area contributed by atoms with E-state index in [-0.39, 0.29) is 0 Å². The Morgan fingerprint density at radius 1 is 1.40 bits per heavy atom. The fraction of sp³-hybridized carbons (Fsp3) is 1.00. The standard InChI is InChI=1S/C2H6O.BrH2N/c1-3-2;1-2/h1-2H3;2H2. The molecular formula is C2H8BrNO. The van der Waals surface area contributed by atoms with Crippen molar-refractivity contribution in [1.29, 1.82) is 0 Å². The average molecular weight is 142 g/mol. The fourth-order valence-corrected chi connectivity index (χ4v) is 0. The highest BCUT2D eigenvalue weighted by Crippen LogP contribution is 1.28. The van der Waals surface area contributed by atoms with Gasteiger partial charge in [-0.3, -0.25) is 4.76 Å². The van der Waals surface area contributed by atoms with Gasteiger partial charge in [0, 0.05) is 30.4 Å². The number of hydrogen-bond donors (Lipinski definition) is 1. The van der Waals surface area contributed by atoms with Crippen LogP contribution in [0.2, 0.25) is 0 Å². The van der Waals surface area contributed by atoms with Gasteiger partial charge < -0.3 is 4.74 Å². The molecule has 3 heteroatoms.